The first-order chi connectivity index (χ1) is 6.41. The van der Waals surface area contributed by atoms with E-state index in [0.717, 1.165) is 4.90 Å². The fraction of sp³-hybridized carbons (Fsp3) is 0.571. The molecule has 0 saturated carbocycles. The zero-order chi connectivity index (χ0) is 11.1. The van der Waals surface area contributed by atoms with Gasteiger partial charge in [0.25, 0.3) is 0 Å². The maximum absolute atomic E-state index is 10.1. The van der Waals surface area contributed by atoms with E-state index in [2.05, 4.69) is 0 Å². The smallest absolute Gasteiger partial charge is 0.550 e. The molecule has 0 aromatic heterocycles. The molecule has 0 rings (SSSR count). The molecule has 0 aromatic rings. The Balaban J connectivity index is -0.000000282. The third-order valence-electron chi connectivity index (χ3n) is 1.34. The Labute approximate surface area is 134 Å². The molecule has 0 fully saturated rings. The molecule has 0 atom stereocenters. The van der Waals surface area contributed by atoms with E-state index in [1.165, 1.54) is 0 Å². The van der Waals surface area contributed by atoms with Crippen molar-refractivity contribution in [3.05, 3.63) is 0 Å². The van der Waals surface area contributed by atoms with Gasteiger partial charge in [0.15, 0.2) is 0 Å². The molecule has 0 saturated heterocycles. The monoisotopic (exact) mass is 223 g/mol. The molecule has 80 valence electrons. The fourth-order valence-electron chi connectivity index (χ4n) is 0.829. The fourth-order valence-corrected chi connectivity index (χ4v) is 0.829. The molecule has 0 amide bonds. The topological polar surface area (TPSA) is 124 Å². The van der Waals surface area contributed by atoms with Gasteiger partial charge in [-0.15, -0.1) is 0 Å². The van der Waals surface area contributed by atoms with Crippen LogP contribution in [0.5, 0.6) is 0 Å². The van der Waals surface area contributed by atoms with Crippen molar-refractivity contribution in [2.24, 2.45) is 0 Å². The second-order valence-corrected chi connectivity index (χ2v) is 2.58. The predicted octanol–water partition coefficient (Wildman–Crippen LogP) is -14.1. The van der Waals surface area contributed by atoms with Crippen LogP contribution < -0.4 is 71.9 Å². The van der Waals surface area contributed by atoms with Crippen LogP contribution in [0.25, 0.3) is 0 Å². The van der Waals surface area contributed by atoms with Crippen molar-refractivity contribution in [1.29, 1.82) is 0 Å². The Morgan fingerprint density at radius 1 is 0.765 bits per heavy atom. The summed E-state index contributed by atoms with van der Waals surface area (Å²) in [6.45, 7) is -1.53. The number of nitrogens with zero attached hydrogens (tertiary/aromatic N) is 1. The number of carbonyl (C=O) groups excluding carboxylic acids is 3. The van der Waals surface area contributed by atoms with E-state index in [9.17, 15) is 29.7 Å². The summed E-state index contributed by atoms with van der Waals surface area (Å²) in [4.78, 5) is 31.1. The van der Waals surface area contributed by atoms with Crippen molar-refractivity contribution < 1.29 is 86.3 Å². The van der Waals surface area contributed by atoms with E-state index in [0.29, 0.717) is 0 Å². The van der Waals surface area contributed by atoms with E-state index in [1.807, 2.05) is 0 Å². The summed E-state index contributed by atoms with van der Waals surface area (Å²) in [7, 11) is 0. The molecule has 0 unspecified atom stereocenters. The van der Waals surface area contributed by atoms with Gasteiger partial charge in [0.1, 0.15) is 0 Å². The third kappa shape index (κ3) is 18.7. The second-order valence-electron chi connectivity index (χ2n) is 2.58. The standard InChI is InChI=1S/C7H11NO6.3Li/c9-5(10)1-2-8(3-6(11)12)4-7(13)14;;;/h1-4H2,(H,9,10)(H,11,12)(H,13,14);;;/q;3*+1/p-3. The van der Waals surface area contributed by atoms with Gasteiger partial charge < -0.3 is 29.7 Å². The molecular formula is C7H8Li3NO6. The summed E-state index contributed by atoms with van der Waals surface area (Å²) in [5.74, 6) is -4.35. The van der Waals surface area contributed by atoms with Gasteiger partial charge in [-0.1, -0.05) is 0 Å². The Bertz CT molecular complexity index is 234. The van der Waals surface area contributed by atoms with E-state index in [1.54, 1.807) is 0 Å². The molecule has 10 heteroatoms. The number of carbonyl (C=O) groups is 3. The normalized spacial score (nSPS) is 8.29. The molecule has 0 spiro atoms. The molecule has 0 aliphatic heterocycles. The number of aliphatic carboxylic acids is 3. The number of rotatable bonds is 7. The minimum Gasteiger partial charge on any atom is -0.550 e. The van der Waals surface area contributed by atoms with E-state index in [-0.39, 0.29) is 63.1 Å². The van der Waals surface area contributed by atoms with Crippen LogP contribution in [-0.2, 0) is 14.4 Å². The van der Waals surface area contributed by atoms with E-state index < -0.39 is 37.4 Å². The van der Waals surface area contributed by atoms with Gasteiger partial charge in [0.2, 0.25) is 0 Å². The van der Waals surface area contributed by atoms with E-state index >= 15 is 0 Å². The van der Waals surface area contributed by atoms with Crippen molar-refractivity contribution in [2.75, 3.05) is 19.6 Å². The Morgan fingerprint density at radius 3 is 1.35 bits per heavy atom. The van der Waals surface area contributed by atoms with Crippen LogP contribution in [-0.4, -0.2) is 42.4 Å². The number of carboxylic acid groups (broad SMARTS) is 3. The number of hydrogen-bond donors (Lipinski definition) is 0. The first-order valence-corrected chi connectivity index (χ1v) is 3.73. The van der Waals surface area contributed by atoms with Crippen molar-refractivity contribution in [3.63, 3.8) is 0 Å². The first-order valence-electron chi connectivity index (χ1n) is 3.73. The maximum Gasteiger partial charge on any atom is 1.00 e. The molecule has 0 radical (unpaired) electrons. The van der Waals surface area contributed by atoms with Gasteiger partial charge in [-0.05, 0) is 6.42 Å². The van der Waals surface area contributed by atoms with Crippen LogP contribution in [0.2, 0.25) is 0 Å². The maximum atomic E-state index is 10.1. The molecule has 0 heterocycles. The largest absolute Gasteiger partial charge is 1.00 e. The van der Waals surface area contributed by atoms with Gasteiger partial charge in [0, 0.05) is 25.6 Å². The van der Waals surface area contributed by atoms with Gasteiger partial charge in [-0.25, -0.2) is 0 Å². The van der Waals surface area contributed by atoms with Crippen molar-refractivity contribution in [1.82, 2.24) is 4.90 Å². The van der Waals surface area contributed by atoms with Crippen LogP contribution >= 0.6 is 0 Å². The van der Waals surface area contributed by atoms with Crippen molar-refractivity contribution in [3.8, 4) is 0 Å². The van der Waals surface area contributed by atoms with Crippen LogP contribution in [0, 0.1) is 0 Å². The van der Waals surface area contributed by atoms with Gasteiger partial charge in [-0.2, -0.15) is 0 Å². The summed E-state index contributed by atoms with van der Waals surface area (Å²) in [5, 5.41) is 30.2. The summed E-state index contributed by atoms with van der Waals surface area (Å²) in [6, 6.07) is 0. The van der Waals surface area contributed by atoms with Gasteiger partial charge in [-0.3, -0.25) is 4.90 Å². The Hall–Kier alpha value is 0.162. The zero-order valence-electron chi connectivity index (χ0n) is 10.2. The summed E-state index contributed by atoms with van der Waals surface area (Å²) in [5.41, 5.74) is 0. The number of hydrogen-bond acceptors (Lipinski definition) is 7. The molecule has 0 N–H and O–H groups in total. The van der Waals surface area contributed by atoms with Crippen molar-refractivity contribution in [2.45, 2.75) is 6.42 Å². The van der Waals surface area contributed by atoms with Gasteiger partial charge in [0.05, 0.1) is 11.9 Å². The van der Waals surface area contributed by atoms with Gasteiger partial charge >= 0.3 is 56.6 Å². The third-order valence-corrected chi connectivity index (χ3v) is 1.34. The predicted molar refractivity (Wildman–Crippen MR) is 36.1 cm³/mol. The number of carboxylic acids is 3. The SMILES string of the molecule is O=C([O-])CCN(CC(=O)[O-])CC(=O)[O-].[Li+].[Li+].[Li+]. The molecule has 0 bridgehead atoms. The summed E-state index contributed by atoms with van der Waals surface area (Å²) < 4.78 is 0. The molecule has 7 nitrogen and oxygen atoms in total. The molecule has 0 aliphatic rings. The minimum absolute atomic E-state index is 0. The van der Waals surface area contributed by atoms with Crippen LogP contribution in [0.15, 0.2) is 0 Å². The van der Waals surface area contributed by atoms with E-state index in [4.69, 9.17) is 0 Å². The van der Waals surface area contributed by atoms with Crippen LogP contribution in [0.4, 0.5) is 0 Å². The average Bonchev–Trinajstić information content (AvgIpc) is 1.97. The Kier molecular flexibility index (Phi) is 21.7. The van der Waals surface area contributed by atoms with Crippen LogP contribution in [0.1, 0.15) is 6.42 Å². The van der Waals surface area contributed by atoms with Crippen molar-refractivity contribution >= 4 is 17.9 Å². The minimum atomic E-state index is -1.48. The Morgan fingerprint density at radius 2 is 1.12 bits per heavy atom. The molecule has 0 aliphatic carbocycles. The molecule has 0 aromatic carbocycles. The second kappa shape index (κ2) is 14.2. The first kappa shape index (κ1) is 25.9. The van der Waals surface area contributed by atoms with Crippen LogP contribution in [0.3, 0.4) is 0 Å². The average molecular weight is 223 g/mol. The summed E-state index contributed by atoms with van der Waals surface area (Å²) >= 11 is 0. The quantitative estimate of drug-likeness (QED) is 0.392. The molecular weight excluding hydrogens is 215 g/mol. The summed E-state index contributed by atoms with van der Waals surface area (Å²) in [6.07, 6.45) is -0.444. The zero-order valence-corrected chi connectivity index (χ0v) is 10.2. The molecule has 17 heavy (non-hydrogen) atoms.